The largest absolute Gasteiger partial charge is 0.360 e. The molecule has 5 heteroatoms. The van der Waals surface area contributed by atoms with Gasteiger partial charge in [-0.2, -0.15) is 0 Å². The molecule has 23 heavy (non-hydrogen) atoms. The Hall–Kier alpha value is -2.53. The molecule has 0 aliphatic heterocycles. The second-order valence-electron chi connectivity index (χ2n) is 5.04. The normalized spacial score (nSPS) is 10.5. The number of thioether (sulfide) groups is 1. The first-order chi connectivity index (χ1) is 11.2. The van der Waals surface area contributed by atoms with E-state index >= 15 is 0 Å². The van der Waals surface area contributed by atoms with Gasteiger partial charge in [-0.15, -0.1) is 11.8 Å². The SMILES string of the molecule is Cc1cc(CSc2ccccc2C(=O)Nc2ccccc2)on1. The van der Waals surface area contributed by atoms with Gasteiger partial charge in [0.25, 0.3) is 5.91 Å². The maximum Gasteiger partial charge on any atom is 0.256 e. The Bertz CT molecular complexity index is 800. The van der Waals surface area contributed by atoms with Crippen LogP contribution in [0.5, 0.6) is 0 Å². The maximum atomic E-state index is 12.5. The van der Waals surface area contributed by atoms with Crippen molar-refractivity contribution >= 4 is 23.4 Å². The molecule has 0 saturated carbocycles. The Balaban J connectivity index is 1.73. The minimum Gasteiger partial charge on any atom is -0.360 e. The molecule has 4 nitrogen and oxygen atoms in total. The van der Waals surface area contributed by atoms with E-state index in [0.717, 1.165) is 22.0 Å². The average Bonchev–Trinajstić information content (AvgIpc) is 2.99. The fourth-order valence-electron chi connectivity index (χ4n) is 2.13. The number of aryl methyl sites for hydroxylation is 1. The number of aromatic nitrogens is 1. The third-order valence-corrected chi connectivity index (χ3v) is 4.31. The minimum absolute atomic E-state index is 0.118. The van der Waals surface area contributed by atoms with Crippen molar-refractivity contribution in [2.75, 3.05) is 5.32 Å². The van der Waals surface area contributed by atoms with Crippen LogP contribution in [-0.2, 0) is 5.75 Å². The zero-order valence-electron chi connectivity index (χ0n) is 12.7. The fraction of sp³-hybridized carbons (Fsp3) is 0.111. The van der Waals surface area contributed by atoms with Gasteiger partial charge in [0, 0.05) is 16.6 Å². The Morgan fingerprint density at radius 1 is 1.13 bits per heavy atom. The van der Waals surface area contributed by atoms with E-state index in [0.29, 0.717) is 11.3 Å². The minimum atomic E-state index is -0.118. The van der Waals surface area contributed by atoms with Crippen molar-refractivity contribution in [1.29, 1.82) is 0 Å². The molecule has 3 rings (SSSR count). The first kappa shape index (κ1) is 15.4. The monoisotopic (exact) mass is 324 g/mol. The van der Waals surface area contributed by atoms with Crippen molar-refractivity contribution in [2.24, 2.45) is 0 Å². The number of benzene rings is 2. The lowest BCUT2D eigenvalue weighted by molar-refractivity contribution is 0.102. The highest BCUT2D eigenvalue weighted by Crippen LogP contribution is 2.27. The van der Waals surface area contributed by atoms with Gasteiger partial charge in [0.05, 0.1) is 17.0 Å². The van der Waals surface area contributed by atoms with E-state index in [9.17, 15) is 4.79 Å². The second-order valence-corrected chi connectivity index (χ2v) is 6.06. The second kappa shape index (κ2) is 7.15. The van der Waals surface area contributed by atoms with Crippen LogP contribution >= 0.6 is 11.8 Å². The summed E-state index contributed by atoms with van der Waals surface area (Å²) in [5, 5.41) is 6.79. The zero-order valence-corrected chi connectivity index (χ0v) is 13.5. The van der Waals surface area contributed by atoms with Crippen molar-refractivity contribution in [3.63, 3.8) is 0 Å². The van der Waals surface area contributed by atoms with E-state index in [1.54, 1.807) is 11.8 Å². The van der Waals surface area contributed by atoms with E-state index in [-0.39, 0.29) is 5.91 Å². The summed E-state index contributed by atoms with van der Waals surface area (Å²) in [6.45, 7) is 1.89. The topological polar surface area (TPSA) is 55.1 Å². The molecule has 0 spiro atoms. The van der Waals surface area contributed by atoms with Gasteiger partial charge in [0.1, 0.15) is 5.76 Å². The molecule has 0 saturated heterocycles. The van der Waals surface area contributed by atoms with E-state index < -0.39 is 0 Å². The van der Waals surface area contributed by atoms with Crippen molar-refractivity contribution in [3.05, 3.63) is 77.7 Å². The third kappa shape index (κ3) is 4.02. The van der Waals surface area contributed by atoms with Gasteiger partial charge in [0.2, 0.25) is 0 Å². The van der Waals surface area contributed by atoms with Crippen LogP contribution in [0.25, 0.3) is 0 Å². The van der Waals surface area contributed by atoms with Crippen molar-refractivity contribution in [2.45, 2.75) is 17.6 Å². The molecule has 2 aromatic carbocycles. The molecule has 1 N–H and O–H groups in total. The maximum absolute atomic E-state index is 12.5. The molecule has 0 atom stereocenters. The number of nitrogens with zero attached hydrogens (tertiary/aromatic N) is 1. The van der Waals surface area contributed by atoms with Crippen LogP contribution in [0.15, 0.2) is 70.1 Å². The number of anilines is 1. The number of hydrogen-bond acceptors (Lipinski definition) is 4. The van der Waals surface area contributed by atoms with Crippen LogP contribution in [-0.4, -0.2) is 11.1 Å². The summed E-state index contributed by atoms with van der Waals surface area (Å²) in [5.41, 5.74) is 2.29. The van der Waals surface area contributed by atoms with Crippen LogP contribution in [0.3, 0.4) is 0 Å². The summed E-state index contributed by atoms with van der Waals surface area (Å²) in [6, 6.07) is 18.9. The fourth-order valence-corrected chi connectivity index (χ4v) is 3.06. The van der Waals surface area contributed by atoms with Gasteiger partial charge in [-0.05, 0) is 31.2 Å². The number of carbonyl (C=O) groups excluding carboxylic acids is 1. The third-order valence-electron chi connectivity index (χ3n) is 3.21. The molecule has 3 aromatic rings. The molecule has 1 amide bonds. The number of amides is 1. The molecule has 0 unspecified atom stereocenters. The Kier molecular flexibility index (Phi) is 4.78. The molecule has 0 aliphatic rings. The van der Waals surface area contributed by atoms with Crippen LogP contribution in [0, 0.1) is 6.92 Å². The summed E-state index contributed by atoms with van der Waals surface area (Å²) in [6.07, 6.45) is 0. The van der Waals surface area contributed by atoms with Crippen molar-refractivity contribution in [1.82, 2.24) is 5.16 Å². The molecule has 1 heterocycles. The number of carbonyl (C=O) groups is 1. The molecule has 116 valence electrons. The van der Waals surface area contributed by atoms with E-state index in [2.05, 4.69) is 10.5 Å². The first-order valence-electron chi connectivity index (χ1n) is 7.23. The molecule has 0 aliphatic carbocycles. The predicted molar refractivity (Wildman–Crippen MR) is 91.6 cm³/mol. The Labute approximate surface area is 138 Å². The lowest BCUT2D eigenvalue weighted by atomic mass is 10.2. The van der Waals surface area contributed by atoms with Crippen molar-refractivity contribution in [3.8, 4) is 0 Å². The van der Waals surface area contributed by atoms with Crippen molar-refractivity contribution < 1.29 is 9.32 Å². The first-order valence-corrected chi connectivity index (χ1v) is 8.21. The van der Waals surface area contributed by atoms with Gasteiger partial charge in [-0.3, -0.25) is 4.79 Å². The highest BCUT2D eigenvalue weighted by molar-refractivity contribution is 7.98. The molecular formula is C18H16N2O2S. The zero-order chi connectivity index (χ0) is 16.1. The standard InChI is InChI=1S/C18H16N2O2S/c1-13-11-15(22-20-13)12-23-17-10-6-5-9-16(17)18(21)19-14-7-3-2-4-8-14/h2-11H,12H2,1H3,(H,19,21). The number of hydrogen-bond donors (Lipinski definition) is 1. The molecule has 0 fully saturated rings. The van der Waals surface area contributed by atoms with Gasteiger partial charge in [-0.25, -0.2) is 0 Å². The molecule has 0 bridgehead atoms. The summed E-state index contributed by atoms with van der Waals surface area (Å²) in [5.74, 6) is 1.31. The summed E-state index contributed by atoms with van der Waals surface area (Å²) >= 11 is 1.56. The average molecular weight is 324 g/mol. The lowest BCUT2D eigenvalue weighted by Gasteiger charge is -2.09. The Morgan fingerprint density at radius 3 is 2.61 bits per heavy atom. The molecule has 0 radical (unpaired) electrons. The van der Waals surface area contributed by atoms with Crippen LogP contribution in [0.1, 0.15) is 21.8 Å². The summed E-state index contributed by atoms with van der Waals surface area (Å²) in [7, 11) is 0. The number of para-hydroxylation sites is 1. The smallest absolute Gasteiger partial charge is 0.256 e. The highest BCUT2D eigenvalue weighted by Gasteiger charge is 2.12. The predicted octanol–water partition coefficient (Wildman–Crippen LogP) is 4.53. The van der Waals surface area contributed by atoms with Gasteiger partial charge in [0.15, 0.2) is 0 Å². The summed E-state index contributed by atoms with van der Waals surface area (Å²) in [4.78, 5) is 13.4. The Morgan fingerprint density at radius 2 is 1.87 bits per heavy atom. The molecular weight excluding hydrogens is 308 g/mol. The number of nitrogens with one attached hydrogen (secondary N) is 1. The van der Waals surface area contributed by atoms with Gasteiger partial charge >= 0.3 is 0 Å². The quantitative estimate of drug-likeness (QED) is 0.701. The number of rotatable bonds is 5. The van der Waals surface area contributed by atoms with Gasteiger partial charge in [-0.1, -0.05) is 35.5 Å². The van der Waals surface area contributed by atoms with E-state index in [1.807, 2.05) is 67.6 Å². The lowest BCUT2D eigenvalue weighted by Crippen LogP contribution is -2.12. The van der Waals surface area contributed by atoms with Crippen LogP contribution in [0.4, 0.5) is 5.69 Å². The molecule has 1 aromatic heterocycles. The van der Waals surface area contributed by atoms with Crippen LogP contribution < -0.4 is 5.32 Å². The summed E-state index contributed by atoms with van der Waals surface area (Å²) < 4.78 is 5.21. The van der Waals surface area contributed by atoms with Crippen LogP contribution in [0.2, 0.25) is 0 Å². The van der Waals surface area contributed by atoms with E-state index in [4.69, 9.17) is 4.52 Å². The van der Waals surface area contributed by atoms with Gasteiger partial charge < -0.3 is 9.84 Å². The highest BCUT2D eigenvalue weighted by atomic mass is 32.2. The van der Waals surface area contributed by atoms with E-state index in [1.165, 1.54) is 0 Å².